The number of nitrogens with one attached hydrogen (secondary N) is 1. The Morgan fingerprint density at radius 3 is 2.65 bits per heavy atom. The first kappa shape index (κ1) is 22.5. The molecular formula is C20H19F3N4O3S. The number of halogens is 3. The summed E-state index contributed by atoms with van der Waals surface area (Å²) in [6, 6.07) is 8.38. The number of likely N-dealkylation sites (N-methyl/N-ethyl adjacent to an activating group) is 1. The number of benzene rings is 1. The molecule has 1 aromatic carbocycles. The number of anilines is 1. The Morgan fingerprint density at radius 2 is 1.97 bits per heavy atom. The van der Waals surface area contributed by atoms with Gasteiger partial charge in [-0.3, -0.25) is 9.59 Å². The fourth-order valence-corrected chi connectivity index (χ4v) is 3.46. The Balaban J connectivity index is 1.56. The maximum absolute atomic E-state index is 13.1. The van der Waals surface area contributed by atoms with Gasteiger partial charge in [-0.1, -0.05) is 23.4 Å². The van der Waals surface area contributed by atoms with Crippen LogP contribution >= 0.6 is 11.3 Å². The smallest absolute Gasteiger partial charge is 0.339 e. The normalized spacial score (nSPS) is 11.4. The molecule has 7 nitrogen and oxygen atoms in total. The number of aryl methyl sites for hydroxylation is 1. The molecule has 0 fully saturated rings. The SMILES string of the molecule is CCN(CC(=O)Nc1ccccc1C(F)(F)F)C(=O)CCc1nc(-c2cccs2)no1. The molecule has 0 atom stereocenters. The van der Waals surface area contributed by atoms with Crippen molar-refractivity contribution in [3.63, 3.8) is 0 Å². The van der Waals surface area contributed by atoms with Crippen LogP contribution in [0.5, 0.6) is 0 Å². The lowest BCUT2D eigenvalue weighted by Crippen LogP contribution is -2.38. The van der Waals surface area contributed by atoms with E-state index in [-0.39, 0.29) is 43.4 Å². The number of thiophene rings is 1. The number of hydrogen-bond acceptors (Lipinski definition) is 6. The van der Waals surface area contributed by atoms with Gasteiger partial charge in [0.05, 0.1) is 22.7 Å². The van der Waals surface area contributed by atoms with E-state index in [1.54, 1.807) is 6.92 Å². The Hall–Kier alpha value is -3.21. The number of aromatic nitrogens is 2. The number of carbonyl (C=O) groups excluding carboxylic acids is 2. The molecule has 2 amide bonds. The van der Waals surface area contributed by atoms with Crippen LogP contribution in [0.1, 0.15) is 24.8 Å². The number of amides is 2. The van der Waals surface area contributed by atoms with Crippen LogP contribution in [0, 0.1) is 0 Å². The van der Waals surface area contributed by atoms with Gasteiger partial charge < -0.3 is 14.7 Å². The van der Waals surface area contributed by atoms with Crippen molar-refractivity contribution in [2.45, 2.75) is 25.9 Å². The topological polar surface area (TPSA) is 88.3 Å². The zero-order valence-electron chi connectivity index (χ0n) is 16.5. The van der Waals surface area contributed by atoms with Gasteiger partial charge in [0.1, 0.15) is 0 Å². The highest BCUT2D eigenvalue weighted by Gasteiger charge is 2.33. The van der Waals surface area contributed by atoms with Crippen molar-refractivity contribution >= 4 is 28.8 Å². The van der Waals surface area contributed by atoms with Crippen LogP contribution in [-0.2, 0) is 22.2 Å². The lowest BCUT2D eigenvalue weighted by molar-refractivity contribution is -0.137. The zero-order valence-corrected chi connectivity index (χ0v) is 17.3. The number of rotatable bonds is 8. The molecule has 0 spiro atoms. The third kappa shape index (κ3) is 5.91. The summed E-state index contributed by atoms with van der Waals surface area (Å²) >= 11 is 1.46. The summed E-state index contributed by atoms with van der Waals surface area (Å²) in [5.74, 6) is -0.342. The summed E-state index contributed by atoms with van der Waals surface area (Å²) in [7, 11) is 0. The van der Waals surface area contributed by atoms with Crippen molar-refractivity contribution in [2.75, 3.05) is 18.4 Å². The third-order valence-electron chi connectivity index (χ3n) is 4.34. The summed E-state index contributed by atoms with van der Waals surface area (Å²) in [6.45, 7) is 1.53. The monoisotopic (exact) mass is 452 g/mol. The van der Waals surface area contributed by atoms with Crippen molar-refractivity contribution in [3.05, 3.63) is 53.2 Å². The van der Waals surface area contributed by atoms with Crippen molar-refractivity contribution in [1.82, 2.24) is 15.0 Å². The molecule has 2 aromatic heterocycles. The summed E-state index contributed by atoms with van der Waals surface area (Å²) in [5, 5.41) is 7.99. The minimum absolute atomic E-state index is 0.0202. The fraction of sp³-hybridized carbons (Fsp3) is 0.300. The Bertz CT molecular complexity index is 1030. The molecule has 0 radical (unpaired) electrons. The van der Waals surface area contributed by atoms with E-state index in [9.17, 15) is 22.8 Å². The van der Waals surface area contributed by atoms with Crippen LogP contribution in [0.4, 0.5) is 18.9 Å². The zero-order chi connectivity index (χ0) is 22.4. The van der Waals surface area contributed by atoms with E-state index in [2.05, 4.69) is 15.5 Å². The number of carbonyl (C=O) groups is 2. The average Bonchev–Trinajstić information content (AvgIpc) is 3.41. The summed E-state index contributed by atoms with van der Waals surface area (Å²) in [5.41, 5.74) is -1.30. The van der Waals surface area contributed by atoms with Gasteiger partial charge in [-0.15, -0.1) is 11.3 Å². The molecular weight excluding hydrogens is 433 g/mol. The van der Waals surface area contributed by atoms with Crippen LogP contribution in [0.15, 0.2) is 46.3 Å². The van der Waals surface area contributed by atoms with Crippen LogP contribution in [0.3, 0.4) is 0 Å². The molecule has 3 rings (SSSR count). The Labute approximate surface area is 179 Å². The van der Waals surface area contributed by atoms with E-state index in [4.69, 9.17) is 4.52 Å². The standard InChI is InChI=1S/C20H19F3N4O3S/c1-2-27(12-16(28)24-14-7-4-3-6-13(14)20(21,22)23)18(29)10-9-17-25-19(26-30-17)15-8-5-11-31-15/h3-8,11H,2,9-10,12H2,1H3,(H,24,28). The first-order valence-electron chi connectivity index (χ1n) is 9.38. The first-order valence-corrected chi connectivity index (χ1v) is 10.3. The Kier molecular flexibility index (Phi) is 7.06. The van der Waals surface area contributed by atoms with Crippen molar-refractivity contribution in [1.29, 1.82) is 0 Å². The second-order valence-corrected chi connectivity index (χ2v) is 7.44. The van der Waals surface area contributed by atoms with Gasteiger partial charge in [0.15, 0.2) is 0 Å². The van der Waals surface area contributed by atoms with Gasteiger partial charge in [-0.05, 0) is 30.5 Å². The van der Waals surface area contributed by atoms with Crippen LogP contribution < -0.4 is 5.32 Å². The van der Waals surface area contributed by atoms with Crippen LogP contribution in [0.25, 0.3) is 10.7 Å². The molecule has 31 heavy (non-hydrogen) atoms. The number of nitrogens with zero attached hydrogens (tertiary/aromatic N) is 3. The molecule has 3 aromatic rings. The van der Waals surface area contributed by atoms with Crippen molar-refractivity contribution in [2.24, 2.45) is 0 Å². The molecule has 0 aliphatic carbocycles. The molecule has 11 heteroatoms. The number of para-hydroxylation sites is 1. The minimum Gasteiger partial charge on any atom is -0.339 e. The maximum atomic E-state index is 13.1. The average molecular weight is 452 g/mol. The minimum atomic E-state index is -4.60. The molecule has 0 aliphatic heterocycles. The fourth-order valence-electron chi connectivity index (χ4n) is 2.81. The molecule has 1 N–H and O–H groups in total. The van der Waals surface area contributed by atoms with Gasteiger partial charge in [-0.2, -0.15) is 18.2 Å². The summed E-state index contributed by atoms with van der Waals surface area (Å²) in [4.78, 5) is 31.1. The highest BCUT2D eigenvalue weighted by atomic mass is 32.1. The van der Waals surface area contributed by atoms with Gasteiger partial charge in [-0.25, -0.2) is 0 Å². The molecule has 2 heterocycles. The van der Waals surface area contributed by atoms with Crippen LogP contribution in [0.2, 0.25) is 0 Å². The van der Waals surface area contributed by atoms with Gasteiger partial charge in [0.2, 0.25) is 23.5 Å². The lowest BCUT2D eigenvalue weighted by atomic mass is 10.1. The first-order chi connectivity index (χ1) is 14.8. The van der Waals surface area contributed by atoms with E-state index in [1.807, 2.05) is 17.5 Å². The second-order valence-electron chi connectivity index (χ2n) is 6.49. The molecule has 0 saturated carbocycles. The maximum Gasteiger partial charge on any atom is 0.418 e. The highest BCUT2D eigenvalue weighted by Crippen LogP contribution is 2.34. The number of hydrogen-bond donors (Lipinski definition) is 1. The largest absolute Gasteiger partial charge is 0.418 e. The van der Waals surface area contributed by atoms with E-state index in [0.29, 0.717) is 5.82 Å². The Morgan fingerprint density at radius 1 is 1.19 bits per heavy atom. The lowest BCUT2D eigenvalue weighted by Gasteiger charge is -2.21. The molecule has 0 saturated heterocycles. The highest BCUT2D eigenvalue weighted by molar-refractivity contribution is 7.13. The van der Waals surface area contributed by atoms with E-state index in [1.165, 1.54) is 34.4 Å². The van der Waals surface area contributed by atoms with Crippen LogP contribution in [-0.4, -0.2) is 39.9 Å². The second kappa shape index (κ2) is 9.73. The van der Waals surface area contributed by atoms with Crippen molar-refractivity contribution in [3.8, 4) is 10.7 Å². The quantitative estimate of drug-likeness (QED) is 0.552. The molecule has 0 unspecified atom stereocenters. The predicted octanol–water partition coefficient (Wildman–Crippen LogP) is 4.24. The van der Waals surface area contributed by atoms with E-state index in [0.717, 1.165) is 10.9 Å². The third-order valence-corrected chi connectivity index (χ3v) is 5.20. The van der Waals surface area contributed by atoms with E-state index >= 15 is 0 Å². The summed E-state index contributed by atoms with van der Waals surface area (Å²) in [6.07, 6.45) is -4.39. The van der Waals surface area contributed by atoms with E-state index < -0.39 is 17.6 Å². The molecule has 164 valence electrons. The van der Waals surface area contributed by atoms with Gasteiger partial charge >= 0.3 is 6.18 Å². The summed E-state index contributed by atoms with van der Waals surface area (Å²) < 4.78 is 44.4. The number of alkyl halides is 3. The predicted molar refractivity (Wildman–Crippen MR) is 108 cm³/mol. The molecule has 0 bridgehead atoms. The van der Waals surface area contributed by atoms with Gasteiger partial charge in [0.25, 0.3) is 0 Å². The van der Waals surface area contributed by atoms with Crippen molar-refractivity contribution < 1.29 is 27.3 Å². The van der Waals surface area contributed by atoms with Gasteiger partial charge in [0, 0.05) is 19.4 Å². The molecule has 0 aliphatic rings.